The van der Waals surface area contributed by atoms with E-state index < -0.39 is 6.04 Å². The van der Waals surface area contributed by atoms with Crippen molar-refractivity contribution in [2.24, 2.45) is 22.0 Å². The van der Waals surface area contributed by atoms with Gasteiger partial charge in [-0.1, -0.05) is 63.2 Å². The summed E-state index contributed by atoms with van der Waals surface area (Å²) in [5.74, 6) is -0.00258. The first-order valence-corrected chi connectivity index (χ1v) is 10.9. The maximum atomic E-state index is 13.1. The third kappa shape index (κ3) is 4.02. The van der Waals surface area contributed by atoms with Crippen LogP contribution in [-0.2, 0) is 9.59 Å². The number of amides is 2. The SMILES string of the molecule is CC(C1=NN=C(C(=O)NC2COc3ccccc3N(C)C2=O)C(C)C1C)c1ccccc1. The number of fused-ring (bicyclic) bond motifs is 1. The first-order valence-electron chi connectivity index (χ1n) is 10.9. The van der Waals surface area contributed by atoms with Gasteiger partial charge in [-0.3, -0.25) is 9.59 Å². The molecule has 0 radical (unpaired) electrons. The molecule has 4 rings (SSSR count). The zero-order valence-electron chi connectivity index (χ0n) is 18.8. The van der Waals surface area contributed by atoms with Crippen LogP contribution in [0.5, 0.6) is 5.75 Å². The number of para-hydroxylation sites is 2. The highest BCUT2D eigenvalue weighted by atomic mass is 16.5. The van der Waals surface area contributed by atoms with Crippen LogP contribution in [0.3, 0.4) is 0 Å². The number of likely N-dealkylation sites (N-methyl/N-ethyl adjacent to an activating group) is 1. The first-order chi connectivity index (χ1) is 15.4. The average molecular weight is 433 g/mol. The summed E-state index contributed by atoms with van der Waals surface area (Å²) in [4.78, 5) is 27.5. The van der Waals surface area contributed by atoms with Gasteiger partial charge in [-0.15, -0.1) is 5.10 Å². The van der Waals surface area contributed by atoms with Gasteiger partial charge in [-0.25, -0.2) is 0 Å². The third-order valence-corrected chi connectivity index (χ3v) is 6.46. The lowest BCUT2D eigenvalue weighted by atomic mass is 9.79. The second-order valence-corrected chi connectivity index (χ2v) is 8.42. The molecule has 0 spiro atoms. The van der Waals surface area contributed by atoms with E-state index in [4.69, 9.17) is 4.74 Å². The van der Waals surface area contributed by atoms with Crippen LogP contribution in [0.1, 0.15) is 32.3 Å². The smallest absolute Gasteiger partial charge is 0.268 e. The van der Waals surface area contributed by atoms with E-state index in [2.05, 4.69) is 41.5 Å². The summed E-state index contributed by atoms with van der Waals surface area (Å²) in [6, 6.07) is 16.7. The molecular weight excluding hydrogens is 404 g/mol. The predicted molar refractivity (Wildman–Crippen MR) is 125 cm³/mol. The summed E-state index contributed by atoms with van der Waals surface area (Å²) in [6.45, 7) is 6.20. The Balaban J connectivity index is 1.52. The largest absolute Gasteiger partial charge is 0.489 e. The topological polar surface area (TPSA) is 83.4 Å². The van der Waals surface area contributed by atoms with Crippen molar-refractivity contribution in [2.45, 2.75) is 32.7 Å². The van der Waals surface area contributed by atoms with Crippen molar-refractivity contribution in [3.05, 3.63) is 60.2 Å². The van der Waals surface area contributed by atoms with Gasteiger partial charge in [0.1, 0.15) is 24.1 Å². The highest BCUT2D eigenvalue weighted by molar-refractivity contribution is 6.41. The van der Waals surface area contributed by atoms with E-state index in [0.29, 0.717) is 17.1 Å². The molecule has 7 heteroatoms. The molecule has 2 heterocycles. The number of benzene rings is 2. The molecule has 2 aliphatic heterocycles. The number of anilines is 1. The monoisotopic (exact) mass is 432 g/mol. The van der Waals surface area contributed by atoms with Crippen LogP contribution in [0.15, 0.2) is 64.8 Å². The van der Waals surface area contributed by atoms with E-state index >= 15 is 0 Å². The lowest BCUT2D eigenvalue weighted by Crippen LogP contribution is -2.52. The molecule has 0 fully saturated rings. The molecule has 166 valence electrons. The van der Waals surface area contributed by atoms with Crippen LogP contribution in [0.4, 0.5) is 5.69 Å². The Hall–Kier alpha value is -3.48. The highest BCUT2D eigenvalue weighted by Crippen LogP contribution is 2.31. The number of hydrogen-bond donors (Lipinski definition) is 1. The van der Waals surface area contributed by atoms with E-state index in [1.807, 2.05) is 49.4 Å². The van der Waals surface area contributed by atoms with Crippen LogP contribution in [-0.4, -0.2) is 42.9 Å². The van der Waals surface area contributed by atoms with Crippen molar-refractivity contribution >= 4 is 28.9 Å². The van der Waals surface area contributed by atoms with Gasteiger partial charge >= 0.3 is 0 Å². The van der Waals surface area contributed by atoms with Gasteiger partial charge in [0.25, 0.3) is 11.8 Å². The quantitative estimate of drug-likeness (QED) is 0.804. The molecule has 4 atom stereocenters. The normalized spacial score (nSPS) is 23.8. The highest BCUT2D eigenvalue weighted by Gasteiger charge is 2.36. The maximum Gasteiger partial charge on any atom is 0.268 e. The van der Waals surface area contributed by atoms with Gasteiger partial charge in [-0.2, -0.15) is 5.10 Å². The molecule has 4 unspecified atom stereocenters. The molecule has 32 heavy (non-hydrogen) atoms. The molecule has 0 bridgehead atoms. The first kappa shape index (κ1) is 21.7. The molecule has 2 aliphatic rings. The predicted octanol–water partition coefficient (Wildman–Crippen LogP) is 3.41. The lowest BCUT2D eigenvalue weighted by Gasteiger charge is -2.29. The minimum Gasteiger partial charge on any atom is -0.489 e. The van der Waals surface area contributed by atoms with Crippen LogP contribution < -0.4 is 15.0 Å². The van der Waals surface area contributed by atoms with Crippen LogP contribution in [0.2, 0.25) is 0 Å². The van der Waals surface area contributed by atoms with Gasteiger partial charge in [0.2, 0.25) is 0 Å². The molecule has 2 aromatic carbocycles. The number of hydrogen-bond acceptors (Lipinski definition) is 5. The molecule has 0 saturated heterocycles. The molecule has 2 amide bonds. The zero-order valence-corrected chi connectivity index (χ0v) is 18.8. The number of carbonyl (C=O) groups excluding carboxylic acids is 2. The van der Waals surface area contributed by atoms with Gasteiger partial charge in [-0.05, 0) is 17.7 Å². The number of nitrogens with zero attached hydrogens (tertiary/aromatic N) is 3. The second kappa shape index (κ2) is 8.94. The number of carbonyl (C=O) groups is 2. The molecular formula is C25H28N4O3. The molecule has 0 aliphatic carbocycles. The summed E-state index contributed by atoms with van der Waals surface area (Å²) in [7, 11) is 1.68. The third-order valence-electron chi connectivity index (χ3n) is 6.46. The minimum absolute atomic E-state index is 0.0384. The molecule has 1 N–H and O–H groups in total. The summed E-state index contributed by atoms with van der Waals surface area (Å²) in [5, 5.41) is 11.5. The summed E-state index contributed by atoms with van der Waals surface area (Å²) < 4.78 is 5.79. The summed E-state index contributed by atoms with van der Waals surface area (Å²) >= 11 is 0. The summed E-state index contributed by atoms with van der Waals surface area (Å²) in [6.07, 6.45) is 0. The van der Waals surface area contributed by atoms with Crippen LogP contribution in [0, 0.1) is 11.8 Å². The van der Waals surface area contributed by atoms with E-state index in [9.17, 15) is 9.59 Å². The Labute approximate surface area is 188 Å². The Morgan fingerprint density at radius 3 is 2.50 bits per heavy atom. The Bertz CT molecular complexity index is 1080. The van der Waals surface area contributed by atoms with Crippen molar-refractivity contribution in [3.63, 3.8) is 0 Å². The van der Waals surface area contributed by atoms with E-state index in [0.717, 1.165) is 11.3 Å². The Morgan fingerprint density at radius 2 is 1.75 bits per heavy atom. The standard InChI is InChI=1S/C25H28N4O3/c1-15-16(2)23(28-27-22(15)17(3)18-10-6-5-7-11-18)24(30)26-19-14-32-21-13-9-8-12-20(21)29(4)25(19)31/h5-13,15-17,19H,14H2,1-4H3,(H,26,30). The number of nitrogens with one attached hydrogen (secondary N) is 1. The van der Waals surface area contributed by atoms with Crippen molar-refractivity contribution in [2.75, 3.05) is 18.6 Å². The van der Waals surface area contributed by atoms with Crippen molar-refractivity contribution in [3.8, 4) is 5.75 Å². The van der Waals surface area contributed by atoms with Crippen LogP contribution >= 0.6 is 0 Å². The zero-order chi connectivity index (χ0) is 22.8. The Morgan fingerprint density at radius 1 is 1.06 bits per heavy atom. The van der Waals surface area contributed by atoms with Crippen molar-refractivity contribution < 1.29 is 14.3 Å². The molecule has 7 nitrogen and oxygen atoms in total. The van der Waals surface area contributed by atoms with Gasteiger partial charge in [0.05, 0.1) is 11.4 Å². The Kier molecular flexibility index (Phi) is 6.08. The van der Waals surface area contributed by atoms with E-state index in [1.54, 1.807) is 7.05 Å². The van der Waals surface area contributed by atoms with Gasteiger partial charge in [0, 0.05) is 24.8 Å². The molecule has 2 aromatic rings. The van der Waals surface area contributed by atoms with Gasteiger partial charge < -0.3 is 15.0 Å². The maximum absolute atomic E-state index is 13.1. The lowest BCUT2D eigenvalue weighted by molar-refractivity contribution is -0.125. The number of rotatable bonds is 4. The molecule has 0 aromatic heterocycles. The van der Waals surface area contributed by atoms with Crippen molar-refractivity contribution in [1.29, 1.82) is 0 Å². The molecule has 0 saturated carbocycles. The van der Waals surface area contributed by atoms with E-state index in [1.165, 1.54) is 4.90 Å². The van der Waals surface area contributed by atoms with Crippen molar-refractivity contribution in [1.82, 2.24) is 5.32 Å². The second-order valence-electron chi connectivity index (χ2n) is 8.42. The fourth-order valence-corrected chi connectivity index (χ4v) is 4.22. The van der Waals surface area contributed by atoms with E-state index in [-0.39, 0.29) is 36.2 Å². The summed E-state index contributed by atoms with van der Waals surface area (Å²) in [5.41, 5.74) is 3.12. The average Bonchev–Trinajstić information content (AvgIpc) is 2.93. The number of ether oxygens (including phenoxy) is 1. The fourth-order valence-electron chi connectivity index (χ4n) is 4.22. The van der Waals surface area contributed by atoms with Gasteiger partial charge in [0.15, 0.2) is 0 Å². The fraction of sp³-hybridized carbons (Fsp3) is 0.360. The minimum atomic E-state index is -0.807. The van der Waals surface area contributed by atoms with Crippen LogP contribution in [0.25, 0.3) is 0 Å².